The fourth-order valence-electron chi connectivity index (χ4n) is 1.40. The van der Waals surface area contributed by atoms with Crippen molar-refractivity contribution < 1.29 is 17.6 Å². The van der Waals surface area contributed by atoms with E-state index in [-0.39, 0.29) is 15.0 Å². The van der Waals surface area contributed by atoms with Gasteiger partial charge in [0.2, 0.25) is 19.3 Å². The quantitative estimate of drug-likeness (QED) is 0.507. The summed E-state index contributed by atoms with van der Waals surface area (Å²) in [7, 11) is -3.49. The molecule has 2 heterocycles. The summed E-state index contributed by atoms with van der Waals surface area (Å²) in [6.45, 7) is 1.73. The summed E-state index contributed by atoms with van der Waals surface area (Å²) < 4.78 is 27.6. The summed E-state index contributed by atoms with van der Waals surface area (Å²) in [4.78, 5) is 12.0. The van der Waals surface area contributed by atoms with Crippen molar-refractivity contribution in [2.24, 2.45) is 0 Å². The van der Waals surface area contributed by atoms with Crippen LogP contribution in [0, 0.1) is 18.3 Å². The Morgan fingerprint density at radius 3 is 2.68 bits per heavy atom. The first kappa shape index (κ1) is 15.9. The maximum atomic E-state index is 12.0. The van der Waals surface area contributed by atoms with Crippen LogP contribution in [0.15, 0.2) is 26.5 Å². The third kappa shape index (κ3) is 3.78. The van der Waals surface area contributed by atoms with Crippen molar-refractivity contribution in [3.8, 4) is 6.07 Å². The van der Waals surface area contributed by atoms with E-state index in [4.69, 9.17) is 9.68 Å². The number of hydrogen-bond donors (Lipinski definition) is 1. The molecule has 0 bridgehead atoms. The highest BCUT2D eigenvalue weighted by atomic mass is 32.2. The number of aromatic nitrogens is 2. The number of amides is 1. The Balaban J connectivity index is 2.18. The van der Waals surface area contributed by atoms with Crippen molar-refractivity contribution in [2.45, 2.75) is 11.3 Å². The first-order valence-electron chi connectivity index (χ1n) is 5.83. The SMILES string of the molecule is Cc1ccc(/C=C(/C#N)C(=O)Nc2nnc(S(C)(=O)=O)s2)o1. The third-order valence-electron chi connectivity index (χ3n) is 2.36. The van der Waals surface area contributed by atoms with Crippen molar-refractivity contribution in [3.05, 3.63) is 29.2 Å². The molecule has 0 aliphatic carbocycles. The summed E-state index contributed by atoms with van der Waals surface area (Å²) in [5, 5.41) is 18.3. The molecule has 1 amide bonds. The van der Waals surface area contributed by atoms with Gasteiger partial charge in [-0.05, 0) is 19.1 Å². The Kier molecular flexibility index (Phi) is 4.39. The Bertz CT molecular complexity index is 886. The lowest BCUT2D eigenvalue weighted by atomic mass is 10.2. The Morgan fingerprint density at radius 1 is 1.45 bits per heavy atom. The first-order chi connectivity index (χ1) is 10.3. The zero-order valence-corrected chi connectivity index (χ0v) is 13.2. The van der Waals surface area contributed by atoms with Crippen LogP contribution in [0.1, 0.15) is 11.5 Å². The first-order valence-corrected chi connectivity index (χ1v) is 8.53. The highest BCUT2D eigenvalue weighted by molar-refractivity contribution is 7.92. The highest BCUT2D eigenvalue weighted by Crippen LogP contribution is 2.20. The van der Waals surface area contributed by atoms with Gasteiger partial charge in [0.1, 0.15) is 23.2 Å². The molecule has 114 valence electrons. The maximum absolute atomic E-state index is 12.0. The number of rotatable bonds is 4. The van der Waals surface area contributed by atoms with Gasteiger partial charge in [-0.3, -0.25) is 10.1 Å². The van der Waals surface area contributed by atoms with Gasteiger partial charge in [-0.15, -0.1) is 10.2 Å². The number of carbonyl (C=O) groups is 1. The van der Waals surface area contributed by atoms with E-state index in [1.165, 1.54) is 6.08 Å². The van der Waals surface area contributed by atoms with Crippen LogP contribution >= 0.6 is 11.3 Å². The van der Waals surface area contributed by atoms with E-state index < -0.39 is 15.7 Å². The van der Waals surface area contributed by atoms with E-state index in [0.29, 0.717) is 22.9 Å². The van der Waals surface area contributed by atoms with Crippen LogP contribution in [0.4, 0.5) is 5.13 Å². The average Bonchev–Trinajstić information content (AvgIpc) is 3.04. The van der Waals surface area contributed by atoms with Crippen LogP contribution < -0.4 is 5.32 Å². The molecule has 0 aromatic carbocycles. The second-order valence-corrected chi connectivity index (χ2v) is 7.38. The molecule has 0 unspecified atom stereocenters. The molecule has 0 aliphatic heterocycles. The lowest BCUT2D eigenvalue weighted by molar-refractivity contribution is -0.112. The lowest BCUT2D eigenvalue weighted by Crippen LogP contribution is -2.13. The minimum absolute atomic E-state index is 0.0119. The van der Waals surface area contributed by atoms with Gasteiger partial charge < -0.3 is 4.42 Å². The molecule has 0 atom stereocenters. The number of carbonyl (C=O) groups excluding carboxylic acids is 1. The summed E-state index contributed by atoms with van der Waals surface area (Å²) in [6, 6.07) is 5.06. The molecule has 0 radical (unpaired) electrons. The molecule has 0 aliphatic rings. The molecule has 0 spiro atoms. The molecule has 10 heteroatoms. The molecule has 22 heavy (non-hydrogen) atoms. The molecule has 0 fully saturated rings. The molecule has 0 saturated heterocycles. The normalized spacial score (nSPS) is 12.0. The molecule has 8 nitrogen and oxygen atoms in total. The van der Waals surface area contributed by atoms with Crippen LogP contribution in [-0.2, 0) is 14.6 Å². The van der Waals surface area contributed by atoms with Gasteiger partial charge in [0, 0.05) is 12.3 Å². The Labute approximate surface area is 130 Å². The van der Waals surface area contributed by atoms with E-state index in [1.54, 1.807) is 25.1 Å². The predicted molar refractivity (Wildman–Crippen MR) is 78.7 cm³/mol. The van der Waals surface area contributed by atoms with Gasteiger partial charge in [-0.1, -0.05) is 11.3 Å². The van der Waals surface area contributed by atoms with Gasteiger partial charge in [-0.2, -0.15) is 5.26 Å². The van der Waals surface area contributed by atoms with Gasteiger partial charge in [0.15, 0.2) is 0 Å². The molecular formula is C12H10N4O4S2. The predicted octanol–water partition coefficient (Wildman–Crippen LogP) is 1.39. The second-order valence-electron chi connectivity index (χ2n) is 4.22. The monoisotopic (exact) mass is 338 g/mol. The number of nitrogens with zero attached hydrogens (tertiary/aromatic N) is 3. The third-order valence-corrected chi connectivity index (χ3v) is 4.86. The number of anilines is 1. The lowest BCUT2D eigenvalue weighted by Gasteiger charge is -1.98. The molecule has 1 N–H and O–H groups in total. The van der Waals surface area contributed by atoms with E-state index in [0.717, 1.165) is 6.26 Å². The number of nitriles is 1. The minimum atomic E-state index is -3.49. The van der Waals surface area contributed by atoms with Crippen molar-refractivity contribution >= 4 is 38.3 Å². The number of nitrogens with one attached hydrogen (secondary N) is 1. The zero-order valence-electron chi connectivity index (χ0n) is 11.5. The fraction of sp³-hybridized carbons (Fsp3) is 0.167. The van der Waals surface area contributed by atoms with Gasteiger partial charge in [0.05, 0.1) is 0 Å². The van der Waals surface area contributed by atoms with E-state index in [9.17, 15) is 13.2 Å². The van der Waals surface area contributed by atoms with Crippen LogP contribution in [0.25, 0.3) is 6.08 Å². The van der Waals surface area contributed by atoms with E-state index in [2.05, 4.69) is 15.5 Å². The van der Waals surface area contributed by atoms with Crippen molar-refractivity contribution in [2.75, 3.05) is 11.6 Å². The minimum Gasteiger partial charge on any atom is -0.462 e. The van der Waals surface area contributed by atoms with Crippen LogP contribution in [-0.4, -0.2) is 30.8 Å². The van der Waals surface area contributed by atoms with Crippen LogP contribution in [0.5, 0.6) is 0 Å². The molecule has 2 aromatic heterocycles. The average molecular weight is 338 g/mol. The maximum Gasteiger partial charge on any atom is 0.268 e. The summed E-state index contributed by atoms with van der Waals surface area (Å²) >= 11 is 0.704. The topological polar surface area (TPSA) is 126 Å². The molecule has 2 rings (SSSR count). The van der Waals surface area contributed by atoms with Crippen LogP contribution in [0.3, 0.4) is 0 Å². The standard InChI is InChI=1S/C12H10N4O4S2/c1-7-3-4-9(20-7)5-8(6-13)10(17)14-11-15-16-12(21-11)22(2,18)19/h3-5H,1-2H3,(H,14,15,17)/b8-5-. The van der Waals surface area contributed by atoms with Crippen molar-refractivity contribution in [1.29, 1.82) is 5.26 Å². The number of hydrogen-bond acceptors (Lipinski definition) is 8. The smallest absolute Gasteiger partial charge is 0.268 e. The fourth-order valence-corrected chi connectivity index (χ4v) is 2.90. The Hall–Kier alpha value is -2.51. The number of sulfone groups is 1. The Morgan fingerprint density at radius 2 is 2.18 bits per heavy atom. The summed E-state index contributed by atoms with van der Waals surface area (Å²) in [5.41, 5.74) is -0.203. The van der Waals surface area contributed by atoms with Crippen LogP contribution in [0.2, 0.25) is 0 Å². The zero-order chi connectivity index (χ0) is 16.3. The van der Waals surface area contributed by atoms with Crippen molar-refractivity contribution in [3.63, 3.8) is 0 Å². The molecule has 0 saturated carbocycles. The highest BCUT2D eigenvalue weighted by Gasteiger charge is 2.17. The van der Waals surface area contributed by atoms with Crippen molar-refractivity contribution in [1.82, 2.24) is 10.2 Å². The summed E-state index contributed by atoms with van der Waals surface area (Å²) in [5.74, 6) is 0.275. The van der Waals surface area contributed by atoms with Gasteiger partial charge in [0.25, 0.3) is 5.91 Å². The molecule has 2 aromatic rings. The molecular weight excluding hydrogens is 328 g/mol. The van der Waals surface area contributed by atoms with Gasteiger partial charge >= 0.3 is 0 Å². The summed E-state index contributed by atoms with van der Waals surface area (Å²) in [6.07, 6.45) is 2.26. The number of aryl methyl sites for hydroxylation is 1. The number of furan rings is 1. The second kappa shape index (κ2) is 6.08. The largest absolute Gasteiger partial charge is 0.462 e. The van der Waals surface area contributed by atoms with Gasteiger partial charge in [-0.25, -0.2) is 8.42 Å². The van der Waals surface area contributed by atoms with E-state index in [1.807, 2.05) is 0 Å². The van der Waals surface area contributed by atoms with E-state index >= 15 is 0 Å².